The van der Waals surface area contributed by atoms with Crippen molar-refractivity contribution in [2.45, 2.75) is 10.1 Å². The molecule has 5 aromatic rings. The van der Waals surface area contributed by atoms with Gasteiger partial charge in [-0.3, -0.25) is 15.1 Å². The number of carbonyl (C=O) groups is 1. The Labute approximate surface area is 203 Å². The van der Waals surface area contributed by atoms with Crippen LogP contribution in [0.25, 0.3) is 22.2 Å². The maximum absolute atomic E-state index is 13.2. The Bertz CT molecular complexity index is 1510. The predicted octanol–water partition coefficient (Wildman–Crippen LogP) is 5.56. The van der Waals surface area contributed by atoms with E-state index in [1.165, 1.54) is 23.1 Å². The summed E-state index contributed by atoms with van der Waals surface area (Å²) in [6.07, 6.45) is 3.40. The molecule has 7 nitrogen and oxygen atoms in total. The molecule has 0 fully saturated rings. The smallest absolute Gasteiger partial charge is 0.258 e. The Morgan fingerprint density at radius 3 is 2.62 bits per heavy atom. The molecule has 0 saturated carbocycles. The minimum absolute atomic E-state index is 0.270. The van der Waals surface area contributed by atoms with Crippen molar-refractivity contribution in [3.63, 3.8) is 0 Å². The second kappa shape index (κ2) is 9.79. The van der Waals surface area contributed by atoms with E-state index < -0.39 is 0 Å². The summed E-state index contributed by atoms with van der Waals surface area (Å²) in [5.74, 6) is 0.423. The largest absolute Gasteiger partial charge is 0.296 e. The van der Waals surface area contributed by atoms with E-state index in [1.54, 1.807) is 30.6 Å². The minimum atomic E-state index is -0.270. The van der Waals surface area contributed by atoms with E-state index in [2.05, 4.69) is 26.6 Å². The standard InChI is InChI=1S/C25H16N6OS2/c26-14-16-5-7-17(8-6-16)15-33-25-31-30-24(34-25)29-23(32)20-13-22(18-9-11-27-12-10-18)28-21-4-2-1-3-19(20)21/h1-13H,15H2,(H,29,30,32). The monoisotopic (exact) mass is 480 g/mol. The van der Waals surface area contributed by atoms with Crippen LogP contribution in [-0.4, -0.2) is 26.1 Å². The summed E-state index contributed by atoms with van der Waals surface area (Å²) < 4.78 is 0.747. The summed E-state index contributed by atoms with van der Waals surface area (Å²) in [6, 6.07) is 22.6. The molecule has 1 amide bonds. The number of nitrogens with zero attached hydrogens (tertiary/aromatic N) is 5. The minimum Gasteiger partial charge on any atom is -0.296 e. The Morgan fingerprint density at radius 2 is 1.82 bits per heavy atom. The number of nitrogens with one attached hydrogen (secondary N) is 1. The van der Waals surface area contributed by atoms with E-state index >= 15 is 0 Å². The van der Waals surface area contributed by atoms with Crippen LogP contribution < -0.4 is 5.32 Å². The average Bonchev–Trinajstić information content (AvgIpc) is 3.34. The van der Waals surface area contributed by atoms with Gasteiger partial charge in [0.05, 0.1) is 28.4 Å². The lowest BCUT2D eigenvalue weighted by atomic mass is 10.0. The van der Waals surface area contributed by atoms with Crippen molar-refractivity contribution in [1.29, 1.82) is 5.26 Å². The zero-order valence-electron chi connectivity index (χ0n) is 17.7. The van der Waals surface area contributed by atoms with Gasteiger partial charge >= 0.3 is 0 Å². The zero-order valence-corrected chi connectivity index (χ0v) is 19.3. The lowest BCUT2D eigenvalue weighted by Crippen LogP contribution is -2.13. The number of thioether (sulfide) groups is 1. The lowest BCUT2D eigenvalue weighted by Gasteiger charge is -2.09. The van der Waals surface area contributed by atoms with Gasteiger partial charge in [-0.15, -0.1) is 10.2 Å². The maximum atomic E-state index is 13.2. The molecule has 0 saturated heterocycles. The Hall–Kier alpha value is -4.13. The van der Waals surface area contributed by atoms with Gasteiger partial charge in [0.1, 0.15) is 0 Å². The third kappa shape index (κ3) is 4.78. The van der Waals surface area contributed by atoms with E-state index in [0.717, 1.165) is 26.4 Å². The topological polar surface area (TPSA) is 104 Å². The second-order valence-electron chi connectivity index (χ2n) is 7.23. The molecule has 0 unspecified atom stereocenters. The van der Waals surface area contributed by atoms with Crippen LogP contribution in [0.2, 0.25) is 0 Å². The molecule has 0 spiro atoms. The zero-order chi connectivity index (χ0) is 23.3. The van der Waals surface area contributed by atoms with Gasteiger partial charge in [0, 0.05) is 29.1 Å². The molecule has 164 valence electrons. The van der Waals surface area contributed by atoms with Crippen LogP contribution in [0.15, 0.2) is 83.5 Å². The molecule has 9 heteroatoms. The van der Waals surface area contributed by atoms with Crippen molar-refractivity contribution in [2.24, 2.45) is 0 Å². The third-order valence-electron chi connectivity index (χ3n) is 5.01. The van der Waals surface area contributed by atoms with Gasteiger partial charge in [-0.1, -0.05) is 53.4 Å². The summed E-state index contributed by atoms with van der Waals surface area (Å²) in [5, 5.41) is 21.3. The van der Waals surface area contributed by atoms with Gasteiger partial charge in [-0.05, 0) is 42.0 Å². The molecule has 5 rings (SSSR count). The van der Waals surface area contributed by atoms with Crippen LogP contribution >= 0.6 is 23.1 Å². The molecule has 34 heavy (non-hydrogen) atoms. The molecule has 3 heterocycles. The molecule has 0 bridgehead atoms. The molecule has 2 aromatic carbocycles. The van der Waals surface area contributed by atoms with Crippen molar-refractivity contribution in [3.8, 4) is 17.3 Å². The molecule has 0 aliphatic heterocycles. The normalized spacial score (nSPS) is 10.7. The number of hydrogen-bond acceptors (Lipinski definition) is 8. The van der Waals surface area contributed by atoms with Crippen LogP contribution in [0.5, 0.6) is 0 Å². The highest BCUT2D eigenvalue weighted by Crippen LogP contribution is 2.30. The summed E-state index contributed by atoms with van der Waals surface area (Å²) in [5.41, 5.74) is 4.54. The summed E-state index contributed by atoms with van der Waals surface area (Å²) >= 11 is 2.85. The number of pyridine rings is 2. The van der Waals surface area contributed by atoms with Gasteiger partial charge in [-0.25, -0.2) is 4.98 Å². The Balaban J connectivity index is 1.35. The number of amides is 1. The molecular weight excluding hydrogens is 464 g/mol. The van der Waals surface area contributed by atoms with Crippen LogP contribution in [0.3, 0.4) is 0 Å². The molecule has 1 N–H and O–H groups in total. The van der Waals surface area contributed by atoms with Crippen LogP contribution in [0, 0.1) is 11.3 Å². The van der Waals surface area contributed by atoms with E-state index in [0.29, 0.717) is 27.7 Å². The van der Waals surface area contributed by atoms with Gasteiger partial charge in [0.25, 0.3) is 5.91 Å². The first-order chi connectivity index (χ1) is 16.7. The van der Waals surface area contributed by atoms with Crippen LogP contribution in [0.1, 0.15) is 21.5 Å². The number of carbonyl (C=O) groups excluding carboxylic acids is 1. The molecule has 0 aliphatic rings. The van der Waals surface area contributed by atoms with Gasteiger partial charge in [0.2, 0.25) is 5.13 Å². The fraction of sp³-hybridized carbons (Fsp3) is 0.0400. The van der Waals surface area contributed by atoms with Crippen molar-refractivity contribution in [3.05, 3.63) is 95.8 Å². The average molecular weight is 481 g/mol. The lowest BCUT2D eigenvalue weighted by molar-refractivity contribution is 0.102. The van der Waals surface area contributed by atoms with E-state index in [4.69, 9.17) is 10.2 Å². The fourth-order valence-electron chi connectivity index (χ4n) is 3.34. The Morgan fingerprint density at radius 1 is 1.03 bits per heavy atom. The predicted molar refractivity (Wildman–Crippen MR) is 134 cm³/mol. The first kappa shape index (κ1) is 21.7. The van der Waals surface area contributed by atoms with Gasteiger partial charge in [-0.2, -0.15) is 5.26 Å². The highest BCUT2D eigenvalue weighted by molar-refractivity contribution is 8.00. The first-order valence-electron chi connectivity index (χ1n) is 10.3. The quantitative estimate of drug-likeness (QED) is 0.250. The summed E-state index contributed by atoms with van der Waals surface area (Å²) in [7, 11) is 0. The number of fused-ring (bicyclic) bond motifs is 1. The summed E-state index contributed by atoms with van der Waals surface area (Å²) in [4.78, 5) is 22.0. The molecule has 0 atom stereocenters. The number of nitriles is 1. The van der Waals surface area contributed by atoms with Gasteiger partial charge < -0.3 is 0 Å². The number of rotatable bonds is 6. The van der Waals surface area contributed by atoms with Crippen molar-refractivity contribution in [1.82, 2.24) is 20.2 Å². The number of anilines is 1. The molecule has 3 aromatic heterocycles. The second-order valence-corrected chi connectivity index (χ2v) is 9.43. The summed E-state index contributed by atoms with van der Waals surface area (Å²) in [6.45, 7) is 0. The van der Waals surface area contributed by atoms with Crippen LogP contribution in [-0.2, 0) is 5.75 Å². The number of aromatic nitrogens is 4. The maximum Gasteiger partial charge on any atom is 0.258 e. The van der Waals surface area contributed by atoms with E-state index in [9.17, 15) is 4.79 Å². The SMILES string of the molecule is N#Cc1ccc(CSc2nnc(NC(=O)c3cc(-c4ccncc4)nc4ccccc34)s2)cc1. The number of para-hydroxylation sites is 1. The highest BCUT2D eigenvalue weighted by atomic mass is 32.2. The van der Waals surface area contributed by atoms with Crippen molar-refractivity contribution >= 4 is 45.0 Å². The molecule has 0 aliphatic carbocycles. The first-order valence-corrected chi connectivity index (χ1v) is 12.1. The van der Waals surface area contributed by atoms with Crippen LogP contribution in [0.4, 0.5) is 5.13 Å². The van der Waals surface area contributed by atoms with E-state index in [-0.39, 0.29) is 5.91 Å². The van der Waals surface area contributed by atoms with Crippen molar-refractivity contribution < 1.29 is 4.79 Å². The fourth-order valence-corrected chi connectivity index (χ4v) is 5.04. The van der Waals surface area contributed by atoms with Crippen molar-refractivity contribution in [2.75, 3.05) is 5.32 Å². The molecular formula is C25H16N6OS2. The highest BCUT2D eigenvalue weighted by Gasteiger charge is 2.16. The van der Waals surface area contributed by atoms with Gasteiger partial charge in [0.15, 0.2) is 4.34 Å². The third-order valence-corrected chi connectivity index (χ3v) is 7.05. The number of hydrogen-bond donors (Lipinski definition) is 1. The Kier molecular flexibility index (Phi) is 6.25. The molecule has 0 radical (unpaired) electrons. The van der Waals surface area contributed by atoms with E-state index in [1.807, 2.05) is 48.5 Å². The number of benzene rings is 2.